The standard InChI is InChI=1S/C20H24N2O2/c1-15-5-7-17(8-6-15)20(23)21-18-10-9-16-4-3-11-22(12-13-24-2)19(16)14-18/h5-10,14H,3-4,11-13H2,1-2H3,(H,21,23). The summed E-state index contributed by atoms with van der Waals surface area (Å²) in [5.74, 6) is -0.0748. The monoisotopic (exact) mass is 324 g/mol. The Balaban J connectivity index is 1.77. The highest BCUT2D eigenvalue weighted by atomic mass is 16.5. The topological polar surface area (TPSA) is 41.6 Å². The van der Waals surface area contributed by atoms with Crippen LogP contribution < -0.4 is 10.2 Å². The summed E-state index contributed by atoms with van der Waals surface area (Å²) in [7, 11) is 1.73. The Labute approximate surface area is 143 Å². The van der Waals surface area contributed by atoms with E-state index in [1.807, 2.05) is 37.3 Å². The summed E-state index contributed by atoms with van der Waals surface area (Å²) in [5.41, 5.74) is 5.21. The van der Waals surface area contributed by atoms with E-state index in [1.54, 1.807) is 7.11 Å². The number of methoxy groups -OCH3 is 1. The summed E-state index contributed by atoms with van der Waals surface area (Å²) in [4.78, 5) is 14.7. The molecule has 1 aliphatic rings. The van der Waals surface area contributed by atoms with Crippen molar-refractivity contribution in [3.63, 3.8) is 0 Å². The predicted molar refractivity (Wildman–Crippen MR) is 98.0 cm³/mol. The highest BCUT2D eigenvalue weighted by Gasteiger charge is 2.17. The second-order valence-electron chi connectivity index (χ2n) is 6.25. The fraction of sp³-hybridized carbons (Fsp3) is 0.350. The molecule has 0 saturated heterocycles. The van der Waals surface area contributed by atoms with E-state index < -0.39 is 0 Å². The van der Waals surface area contributed by atoms with Crippen LogP contribution in [0.25, 0.3) is 0 Å². The lowest BCUT2D eigenvalue weighted by molar-refractivity contribution is 0.102. The minimum absolute atomic E-state index is 0.0748. The molecule has 1 N–H and O–H groups in total. The summed E-state index contributed by atoms with van der Waals surface area (Å²) < 4.78 is 5.21. The molecule has 126 valence electrons. The van der Waals surface area contributed by atoms with Crippen LogP contribution >= 0.6 is 0 Å². The third kappa shape index (κ3) is 3.77. The maximum Gasteiger partial charge on any atom is 0.255 e. The van der Waals surface area contributed by atoms with Crippen molar-refractivity contribution in [3.05, 3.63) is 59.2 Å². The minimum atomic E-state index is -0.0748. The number of carbonyl (C=O) groups excluding carboxylic acids is 1. The van der Waals surface area contributed by atoms with Gasteiger partial charge in [0, 0.05) is 37.1 Å². The number of hydrogen-bond donors (Lipinski definition) is 1. The second-order valence-corrected chi connectivity index (χ2v) is 6.25. The number of benzene rings is 2. The number of ether oxygens (including phenoxy) is 1. The Morgan fingerprint density at radius 3 is 2.75 bits per heavy atom. The molecule has 4 heteroatoms. The highest BCUT2D eigenvalue weighted by Crippen LogP contribution is 2.30. The van der Waals surface area contributed by atoms with E-state index in [2.05, 4.69) is 22.3 Å². The molecule has 24 heavy (non-hydrogen) atoms. The van der Waals surface area contributed by atoms with Gasteiger partial charge in [-0.3, -0.25) is 4.79 Å². The van der Waals surface area contributed by atoms with Crippen LogP contribution in [0.5, 0.6) is 0 Å². The first-order valence-corrected chi connectivity index (χ1v) is 8.42. The molecular formula is C20H24N2O2. The van der Waals surface area contributed by atoms with E-state index in [4.69, 9.17) is 4.74 Å². The lowest BCUT2D eigenvalue weighted by Gasteiger charge is -2.31. The molecule has 3 rings (SSSR count). The number of nitrogens with one attached hydrogen (secondary N) is 1. The van der Waals surface area contributed by atoms with Gasteiger partial charge in [-0.15, -0.1) is 0 Å². The van der Waals surface area contributed by atoms with Crippen LogP contribution in [-0.2, 0) is 11.2 Å². The van der Waals surface area contributed by atoms with Gasteiger partial charge < -0.3 is 15.0 Å². The van der Waals surface area contributed by atoms with Crippen molar-refractivity contribution in [1.29, 1.82) is 0 Å². The van der Waals surface area contributed by atoms with Crippen LogP contribution in [-0.4, -0.2) is 32.7 Å². The van der Waals surface area contributed by atoms with Gasteiger partial charge in [-0.1, -0.05) is 23.8 Å². The molecule has 0 atom stereocenters. The number of hydrogen-bond acceptors (Lipinski definition) is 3. The molecule has 0 aliphatic carbocycles. The Kier molecular flexibility index (Phi) is 5.16. The lowest BCUT2D eigenvalue weighted by Crippen LogP contribution is -2.32. The molecule has 2 aromatic rings. The molecule has 0 spiro atoms. The molecule has 1 amide bonds. The largest absolute Gasteiger partial charge is 0.383 e. The molecule has 2 aromatic carbocycles. The van der Waals surface area contributed by atoms with E-state index in [0.29, 0.717) is 12.2 Å². The van der Waals surface area contributed by atoms with Gasteiger partial charge in [-0.25, -0.2) is 0 Å². The van der Waals surface area contributed by atoms with E-state index >= 15 is 0 Å². The molecule has 0 bridgehead atoms. The van der Waals surface area contributed by atoms with Crippen molar-refractivity contribution in [2.24, 2.45) is 0 Å². The molecule has 0 radical (unpaired) electrons. The van der Waals surface area contributed by atoms with Gasteiger partial charge in [0.2, 0.25) is 0 Å². The van der Waals surface area contributed by atoms with Crippen molar-refractivity contribution >= 4 is 17.3 Å². The predicted octanol–water partition coefficient (Wildman–Crippen LogP) is 3.65. The van der Waals surface area contributed by atoms with E-state index in [-0.39, 0.29) is 5.91 Å². The number of carbonyl (C=O) groups is 1. The van der Waals surface area contributed by atoms with Crippen molar-refractivity contribution in [3.8, 4) is 0 Å². The zero-order valence-corrected chi connectivity index (χ0v) is 14.3. The molecule has 4 nitrogen and oxygen atoms in total. The fourth-order valence-corrected chi connectivity index (χ4v) is 3.07. The van der Waals surface area contributed by atoms with Crippen LogP contribution in [0.1, 0.15) is 27.9 Å². The highest BCUT2D eigenvalue weighted by molar-refractivity contribution is 6.04. The van der Waals surface area contributed by atoms with Gasteiger partial charge >= 0.3 is 0 Å². The normalized spacial score (nSPS) is 13.5. The minimum Gasteiger partial charge on any atom is -0.383 e. The molecule has 0 fully saturated rings. The molecular weight excluding hydrogens is 300 g/mol. The first kappa shape index (κ1) is 16.5. The van der Waals surface area contributed by atoms with Gasteiger partial charge in [0.05, 0.1) is 6.61 Å². The Bertz CT molecular complexity index is 710. The maximum atomic E-state index is 12.4. The Hall–Kier alpha value is -2.33. The van der Waals surface area contributed by atoms with Crippen molar-refractivity contribution in [2.75, 3.05) is 37.0 Å². The maximum absolute atomic E-state index is 12.4. The smallest absolute Gasteiger partial charge is 0.255 e. The third-order valence-corrected chi connectivity index (χ3v) is 4.44. The first-order valence-electron chi connectivity index (χ1n) is 8.42. The van der Waals surface area contributed by atoms with Gasteiger partial charge in [0.25, 0.3) is 5.91 Å². The van der Waals surface area contributed by atoms with Crippen LogP contribution in [0.15, 0.2) is 42.5 Å². The average Bonchev–Trinajstić information content (AvgIpc) is 2.60. The second kappa shape index (κ2) is 7.49. The summed E-state index contributed by atoms with van der Waals surface area (Å²) in [6.45, 7) is 4.63. The first-order chi connectivity index (χ1) is 11.7. The van der Waals surface area contributed by atoms with Crippen molar-refractivity contribution in [2.45, 2.75) is 19.8 Å². The molecule has 1 aliphatic heterocycles. The van der Waals surface area contributed by atoms with E-state index in [0.717, 1.165) is 37.2 Å². The lowest BCUT2D eigenvalue weighted by atomic mass is 10.0. The van der Waals surface area contributed by atoms with Gasteiger partial charge in [0.1, 0.15) is 0 Å². The van der Waals surface area contributed by atoms with Crippen LogP contribution in [0, 0.1) is 6.92 Å². The van der Waals surface area contributed by atoms with Crippen LogP contribution in [0.3, 0.4) is 0 Å². The summed E-state index contributed by atoms with van der Waals surface area (Å²) in [6, 6.07) is 13.8. The van der Waals surface area contributed by atoms with Crippen molar-refractivity contribution in [1.82, 2.24) is 0 Å². The zero-order valence-electron chi connectivity index (χ0n) is 14.3. The average molecular weight is 324 g/mol. The Morgan fingerprint density at radius 2 is 2.00 bits per heavy atom. The van der Waals surface area contributed by atoms with E-state index in [9.17, 15) is 4.79 Å². The molecule has 0 aromatic heterocycles. The fourth-order valence-electron chi connectivity index (χ4n) is 3.07. The van der Waals surface area contributed by atoms with Crippen molar-refractivity contribution < 1.29 is 9.53 Å². The zero-order chi connectivity index (χ0) is 16.9. The number of anilines is 2. The van der Waals surface area contributed by atoms with Gasteiger partial charge in [-0.2, -0.15) is 0 Å². The quantitative estimate of drug-likeness (QED) is 0.913. The SMILES string of the molecule is COCCN1CCCc2ccc(NC(=O)c3ccc(C)cc3)cc21. The van der Waals surface area contributed by atoms with Crippen LogP contribution in [0.2, 0.25) is 0 Å². The summed E-state index contributed by atoms with van der Waals surface area (Å²) in [5, 5.41) is 3.01. The van der Waals surface area contributed by atoms with Gasteiger partial charge in [-0.05, 0) is 49.6 Å². The third-order valence-electron chi connectivity index (χ3n) is 4.44. The number of amides is 1. The number of fused-ring (bicyclic) bond motifs is 1. The summed E-state index contributed by atoms with van der Waals surface area (Å²) >= 11 is 0. The molecule has 0 unspecified atom stereocenters. The van der Waals surface area contributed by atoms with E-state index in [1.165, 1.54) is 11.3 Å². The molecule has 0 saturated carbocycles. The molecule has 1 heterocycles. The number of aryl methyl sites for hydroxylation is 2. The van der Waals surface area contributed by atoms with Crippen LogP contribution in [0.4, 0.5) is 11.4 Å². The summed E-state index contributed by atoms with van der Waals surface area (Å²) in [6.07, 6.45) is 2.25. The Morgan fingerprint density at radius 1 is 1.21 bits per heavy atom. The number of nitrogens with zero attached hydrogens (tertiary/aromatic N) is 1. The van der Waals surface area contributed by atoms with Gasteiger partial charge in [0.15, 0.2) is 0 Å². The number of rotatable bonds is 5.